The first-order valence-electron chi connectivity index (χ1n) is 2.84. The molecule has 0 unspecified atom stereocenters. The number of nitro benzene ring substituents is 1. The van der Waals surface area contributed by atoms with Crippen molar-refractivity contribution in [3.63, 3.8) is 0 Å². The Morgan fingerprint density at radius 3 is 2.58 bits per heavy atom. The van der Waals surface area contributed by atoms with Gasteiger partial charge in [0, 0.05) is 11.8 Å². The Balaban J connectivity index is 0. The van der Waals surface area contributed by atoms with E-state index in [9.17, 15) is 10.1 Å². The van der Waals surface area contributed by atoms with Gasteiger partial charge in [0.1, 0.15) is 0 Å². The Bertz CT molecular complexity index is 308. The van der Waals surface area contributed by atoms with Crippen molar-refractivity contribution in [2.45, 2.75) is 0 Å². The predicted molar refractivity (Wildman–Crippen MR) is 40.3 cm³/mol. The van der Waals surface area contributed by atoms with Crippen LogP contribution in [0, 0.1) is 10.1 Å². The third-order valence-corrected chi connectivity index (χ3v) is 1.20. The molecule has 0 radical (unpaired) electrons. The number of nitrogens with zero attached hydrogens (tertiary/aromatic N) is 1. The van der Waals surface area contributed by atoms with E-state index < -0.39 is 4.92 Å². The minimum absolute atomic E-state index is 0. The minimum Gasteiger partial charge on any atom is -1.00 e. The Morgan fingerprint density at radius 1 is 1.58 bits per heavy atom. The number of phenols is 1. The van der Waals surface area contributed by atoms with Crippen molar-refractivity contribution >= 4 is 11.4 Å². The van der Waals surface area contributed by atoms with Gasteiger partial charge >= 0.3 is 35.2 Å². The van der Waals surface area contributed by atoms with E-state index in [1.54, 1.807) is 0 Å². The van der Waals surface area contributed by atoms with Gasteiger partial charge in [-0.05, 0) is 12.1 Å². The fourth-order valence-corrected chi connectivity index (χ4v) is 0.687. The third kappa shape index (κ3) is 2.37. The minimum atomic E-state index is -0.689. The number of nitrogen functional groups attached to an aromatic ring is 1. The van der Waals surface area contributed by atoms with E-state index >= 15 is 0 Å². The van der Waals surface area contributed by atoms with Crippen LogP contribution in [0.3, 0.4) is 0 Å². The molecule has 0 saturated carbocycles. The van der Waals surface area contributed by atoms with E-state index in [-0.39, 0.29) is 48.1 Å². The molecule has 0 aliphatic rings. The molecule has 6 heteroatoms. The largest absolute Gasteiger partial charge is 1.00 e. The van der Waals surface area contributed by atoms with Crippen molar-refractivity contribution in [2.75, 3.05) is 5.73 Å². The Kier molecular flexibility index (Phi) is 4.02. The number of nitro groups is 1. The zero-order valence-electron chi connectivity index (χ0n) is 7.52. The van der Waals surface area contributed by atoms with E-state index in [1.807, 2.05) is 0 Å². The molecule has 12 heavy (non-hydrogen) atoms. The van der Waals surface area contributed by atoms with Crippen LogP contribution in [0.5, 0.6) is 5.75 Å². The molecule has 60 valence electrons. The molecule has 3 N–H and O–H groups in total. The molecule has 1 aromatic carbocycles. The zero-order valence-corrected chi connectivity index (χ0v) is 8.52. The summed E-state index contributed by atoms with van der Waals surface area (Å²) in [4.78, 5) is 9.48. The fourth-order valence-electron chi connectivity index (χ4n) is 0.687. The van der Waals surface area contributed by atoms with Crippen LogP contribution in [0.25, 0.3) is 0 Å². The van der Waals surface area contributed by atoms with Crippen molar-refractivity contribution in [2.24, 2.45) is 0 Å². The van der Waals surface area contributed by atoms with Gasteiger partial charge < -0.3 is 12.3 Å². The smallest absolute Gasteiger partial charge is 1.00 e. The normalized spacial score (nSPS) is 8.67. The Labute approximate surface area is 92.1 Å². The van der Waals surface area contributed by atoms with Gasteiger partial charge in [-0.2, -0.15) is 0 Å². The monoisotopic (exact) mass is 178 g/mol. The van der Waals surface area contributed by atoms with Crippen molar-refractivity contribution in [1.29, 1.82) is 0 Å². The Morgan fingerprint density at radius 2 is 2.17 bits per heavy atom. The molecule has 0 atom stereocenters. The van der Waals surface area contributed by atoms with Gasteiger partial charge in [0.2, 0.25) is 0 Å². The van der Waals surface area contributed by atoms with E-state index in [4.69, 9.17) is 10.8 Å². The van der Waals surface area contributed by atoms with Crippen LogP contribution in [0.15, 0.2) is 18.2 Å². The average molecular weight is 178 g/mol. The van der Waals surface area contributed by atoms with Crippen LogP contribution in [-0.2, 0) is 0 Å². The molecule has 0 spiro atoms. The van der Waals surface area contributed by atoms with Crippen LogP contribution in [0.2, 0.25) is 0 Å². The van der Waals surface area contributed by atoms with E-state index in [0.717, 1.165) is 6.07 Å². The summed E-state index contributed by atoms with van der Waals surface area (Å²) in [6.07, 6.45) is 0. The van der Waals surface area contributed by atoms with Gasteiger partial charge in [-0.1, -0.05) is 0 Å². The van der Waals surface area contributed by atoms with Gasteiger partial charge in [0.05, 0.1) is 4.92 Å². The number of anilines is 1. The summed E-state index contributed by atoms with van der Waals surface area (Å²) in [6.45, 7) is 0. The standard InChI is InChI=1S/C6H6N2O3.Na.H/c7-4-1-2-6(9)5(3-4)8(10)11;;/h1-3,9H,7H2;;/q;+1;-1. The number of aromatic hydroxyl groups is 1. The maximum atomic E-state index is 10.2. The summed E-state index contributed by atoms with van der Waals surface area (Å²) in [6, 6.07) is 3.69. The first-order valence-corrected chi connectivity index (χ1v) is 2.84. The molecule has 0 bridgehead atoms. The average Bonchev–Trinajstić information content (AvgIpc) is 1.94. The molecular formula is C6H7N2NaO3. The molecule has 0 heterocycles. The van der Waals surface area contributed by atoms with Crippen molar-refractivity contribution in [3.05, 3.63) is 28.3 Å². The van der Waals surface area contributed by atoms with E-state index in [0.29, 0.717) is 0 Å². The van der Waals surface area contributed by atoms with Crippen LogP contribution in [0.1, 0.15) is 1.43 Å². The number of phenolic OH excluding ortho intramolecular Hbond substituents is 1. The third-order valence-electron chi connectivity index (χ3n) is 1.20. The second kappa shape index (κ2) is 4.30. The summed E-state index contributed by atoms with van der Waals surface area (Å²) in [5.41, 5.74) is 5.14. The predicted octanol–water partition coefficient (Wildman–Crippen LogP) is -2.00. The molecule has 0 fully saturated rings. The molecule has 0 saturated heterocycles. The maximum absolute atomic E-state index is 10.2. The molecule has 1 aromatic rings. The van der Waals surface area contributed by atoms with Gasteiger partial charge in [-0.25, -0.2) is 0 Å². The summed E-state index contributed by atoms with van der Waals surface area (Å²) >= 11 is 0. The van der Waals surface area contributed by atoms with Crippen molar-refractivity contribution in [3.8, 4) is 5.75 Å². The second-order valence-electron chi connectivity index (χ2n) is 2.01. The van der Waals surface area contributed by atoms with Crippen LogP contribution < -0.4 is 35.3 Å². The van der Waals surface area contributed by atoms with Gasteiger partial charge in [-0.15, -0.1) is 0 Å². The first kappa shape index (κ1) is 11.2. The maximum Gasteiger partial charge on any atom is 1.00 e. The number of hydrogen-bond donors (Lipinski definition) is 2. The molecular weight excluding hydrogens is 171 g/mol. The number of rotatable bonds is 1. The fraction of sp³-hybridized carbons (Fsp3) is 0. The summed E-state index contributed by atoms with van der Waals surface area (Å²) < 4.78 is 0. The molecule has 0 amide bonds. The van der Waals surface area contributed by atoms with Crippen LogP contribution in [0.4, 0.5) is 11.4 Å². The van der Waals surface area contributed by atoms with E-state index in [1.165, 1.54) is 12.1 Å². The van der Waals surface area contributed by atoms with Crippen molar-refractivity contribution < 1.29 is 41.0 Å². The molecule has 1 rings (SSSR count). The van der Waals surface area contributed by atoms with Gasteiger partial charge in [0.25, 0.3) is 0 Å². The molecule has 0 aliphatic carbocycles. The van der Waals surface area contributed by atoms with Crippen molar-refractivity contribution in [1.82, 2.24) is 0 Å². The number of nitrogens with two attached hydrogens (primary N) is 1. The topological polar surface area (TPSA) is 89.4 Å². The zero-order chi connectivity index (χ0) is 8.43. The SMILES string of the molecule is Nc1ccc(O)c([N+](=O)[O-])c1.[H-].[Na+]. The number of benzene rings is 1. The first-order chi connectivity index (χ1) is 5.11. The summed E-state index contributed by atoms with van der Waals surface area (Å²) in [5.74, 6) is -0.371. The summed E-state index contributed by atoms with van der Waals surface area (Å²) in [7, 11) is 0. The molecule has 0 aliphatic heterocycles. The molecule has 0 aromatic heterocycles. The number of hydrogen-bond acceptors (Lipinski definition) is 4. The molecule has 5 nitrogen and oxygen atoms in total. The van der Waals surface area contributed by atoms with E-state index in [2.05, 4.69) is 0 Å². The second-order valence-corrected chi connectivity index (χ2v) is 2.01. The summed E-state index contributed by atoms with van der Waals surface area (Å²) in [5, 5.41) is 19.1. The van der Waals surface area contributed by atoms with Crippen LogP contribution >= 0.6 is 0 Å². The Hall–Kier alpha value is -0.780. The van der Waals surface area contributed by atoms with Gasteiger partial charge in [0.15, 0.2) is 5.75 Å². The quantitative estimate of drug-likeness (QED) is 0.171. The van der Waals surface area contributed by atoms with Gasteiger partial charge in [-0.3, -0.25) is 10.1 Å². The van der Waals surface area contributed by atoms with Crippen LogP contribution in [-0.4, -0.2) is 10.0 Å².